The summed E-state index contributed by atoms with van der Waals surface area (Å²) in [6.45, 7) is 1.00. The Morgan fingerprint density at radius 3 is 2.37 bits per heavy atom. The molecule has 0 saturated carbocycles. The molecule has 0 aliphatic rings. The number of sulfonamides is 1. The highest BCUT2D eigenvalue weighted by Gasteiger charge is 2.19. The molecule has 2 aromatic carbocycles. The van der Waals surface area contributed by atoms with Crippen LogP contribution in [0, 0.1) is 5.82 Å². The van der Waals surface area contributed by atoms with Crippen molar-refractivity contribution in [3.05, 3.63) is 60.0 Å². The third kappa shape index (κ3) is 4.30. The SMILES string of the molecule is COc1ccc(-c2cc(C(F)F)nn2-c2ccc(S(=O)(=O)/N=C(/C)[O-])cc2)cc1F. The number of alkyl halides is 2. The van der Waals surface area contributed by atoms with Gasteiger partial charge in [-0.3, -0.25) is 0 Å². The predicted molar refractivity (Wildman–Crippen MR) is 101 cm³/mol. The zero-order valence-corrected chi connectivity index (χ0v) is 16.5. The molecule has 11 heteroatoms. The quantitative estimate of drug-likeness (QED) is 0.435. The van der Waals surface area contributed by atoms with Crippen molar-refractivity contribution in [1.29, 1.82) is 0 Å². The highest BCUT2D eigenvalue weighted by atomic mass is 32.2. The number of nitrogens with zero attached hydrogens (tertiary/aromatic N) is 3. The zero-order chi connectivity index (χ0) is 22.1. The average molecular weight is 438 g/mol. The maximum atomic E-state index is 14.1. The summed E-state index contributed by atoms with van der Waals surface area (Å²) >= 11 is 0. The predicted octanol–water partition coefficient (Wildman–Crippen LogP) is 3.09. The molecular formula is C19H15F3N3O4S-. The fourth-order valence-electron chi connectivity index (χ4n) is 2.72. The van der Waals surface area contributed by atoms with Crippen molar-refractivity contribution >= 4 is 15.9 Å². The third-order valence-electron chi connectivity index (χ3n) is 4.03. The van der Waals surface area contributed by atoms with E-state index in [-0.39, 0.29) is 27.6 Å². The molecule has 0 amide bonds. The van der Waals surface area contributed by atoms with E-state index >= 15 is 0 Å². The van der Waals surface area contributed by atoms with E-state index in [1.54, 1.807) is 0 Å². The van der Waals surface area contributed by atoms with E-state index in [9.17, 15) is 26.7 Å². The number of rotatable bonds is 6. The van der Waals surface area contributed by atoms with E-state index in [2.05, 4.69) is 9.50 Å². The molecule has 0 unspecified atom stereocenters. The van der Waals surface area contributed by atoms with Gasteiger partial charge in [-0.25, -0.2) is 17.9 Å². The van der Waals surface area contributed by atoms with Crippen LogP contribution in [0.3, 0.4) is 0 Å². The van der Waals surface area contributed by atoms with Crippen LogP contribution in [0.5, 0.6) is 5.75 Å². The maximum Gasteiger partial charge on any atom is 0.282 e. The first-order valence-electron chi connectivity index (χ1n) is 8.43. The second-order valence-corrected chi connectivity index (χ2v) is 7.70. The first-order valence-corrected chi connectivity index (χ1v) is 9.87. The first kappa shape index (κ1) is 21.4. The first-order chi connectivity index (χ1) is 14.1. The molecule has 30 heavy (non-hydrogen) atoms. The van der Waals surface area contributed by atoms with Crippen LogP contribution < -0.4 is 9.84 Å². The largest absolute Gasteiger partial charge is 0.861 e. The van der Waals surface area contributed by atoms with Crippen LogP contribution in [0.1, 0.15) is 19.0 Å². The van der Waals surface area contributed by atoms with Gasteiger partial charge in [0, 0.05) is 5.56 Å². The number of benzene rings is 2. The van der Waals surface area contributed by atoms with Gasteiger partial charge >= 0.3 is 0 Å². The molecule has 0 spiro atoms. The highest BCUT2D eigenvalue weighted by molar-refractivity contribution is 7.90. The maximum absolute atomic E-state index is 14.1. The second-order valence-electron chi connectivity index (χ2n) is 6.10. The summed E-state index contributed by atoms with van der Waals surface area (Å²) in [5.41, 5.74) is 0.131. The smallest absolute Gasteiger partial charge is 0.282 e. The van der Waals surface area contributed by atoms with Gasteiger partial charge in [-0.2, -0.15) is 17.9 Å². The molecule has 7 nitrogen and oxygen atoms in total. The molecule has 158 valence electrons. The molecule has 1 heterocycles. The molecule has 0 N–H and O–H groups in total. The second kappa shape index (κ2) is 8.19. The number of halogens is 3. The Labute approximate surface area is 170 Å². The van der Waals surface area contributed by atoms with Crippen molar-refractivity contribution < 1.29 is 31.4 Å². The van der Waals surface area contributed by atoms with Gasteiger partial charge in [-0.15, -0.1) is 0 Å². The van der Waals surface area contributed by atoms with Crippen LogP contribution in [-0.4, -0.2) is 31.2 Å². The summed E-state index contributed by atoms with van der Waals surface area (Å²) in [5.74, 6) is -1.58. The van der Waals surface area contributed by atoms with Crippen molar-refractivity contribution in [3.8, 4) is 22.7 Å². The molecule has 0 atom stereocenters. The molecule has 0 aliphatic heterocycles. The molecule has 0 aliphatic carbocycles. The van der Waals surface area contributed by atoms with Gasteiger partial charge in [0.15, 0.2) is 11.6 Å². The monoisotopic (exact) mass is 438 g/mol. The summed E-state index contributed by atoms with van der Waals surface area (Å²) in [6, 6.07) is 10.0. The van der Waals surface area contributed by atoms with Crippen LogP contribution >= 0.6 is 0 Å². The number of hydrogen-bond donors (Lipinski definition) is 0. The zero-order valence-electron chi connectivity index (χ0n) is 15.7. The van der Waals surface area contributed by atoms with E-state index in [4.69, 9.17) is 4.74 Å². The Hall–Kier alpha value is -3.34. The Kier molecular flexibility index (Phi) is 5.83. The molecule has 1 aromatic heterocycles. The third-order valence-corrected chi connectivity index (χ3v) is 5.39. The summed E-state index contributed by atoms with van der Waals surface area (Å²) in [4.78, 5) is -0.250. The lowest BCUT2D eigenvalue weighted by molar-refractivity contribution is -0.215. The van der Waals surface area contributed by atoms with Gasteiger partial charge in [-0.1, -0.05) is 0 Å². The van der Waals surface area contributed by atoms with E-state index in [1.807, 2.05) is 0 Å². The molecule has 0 radical (unpaired) electrons. The molecule has 3 rings (SSSR count). The minimum Gasteiger partial charge on any atom is -0.861 e. The van der Waals surface area contributed by atoms with Crippen molar-refractivity contribution in [3.63, 3.8) is 0 Å². The van der Waals surface area contributed by atoms with Crippen molar-refractivity contribution in [2.45, 2.75) is 18.2 Å². The summed E-state index contributed by atoms with van der Waals surface area (Å²) < 4.78 is 73.7. The summed E-state index contributed by atoms with van der Waals surface area (Å²) in [6.07, 6.45) is -2.87. The topological polar surface area (TPSA) is 96.6 Å². The van der Waals surface area contributed by atoms with E-state index in [0.29, 0.717) is 0 Å². The lowest BCUT2D eigenvalue weighted by atomic mass is 10.1. The molecular weight excluding hydrogens is 423 g/mol. The van der Waals surface area contributed by atoms with Crippen molar-refractivity contribution in [2.75, 3.05) is 7.11 Å². The lowest BCUT2D eigenvalue weighted by Gasteiger charge is -2.10. The Bertz CT molecular complexity index is 1200. The van der Waals surface area contributed by atoms with Gasteiger partial charge in [0.2, 0.25) is 0 Å². The number of aromatic nitrogens is 2. The number of hydrogen-bond acceptors (Lipinski definition) is 5. The van der Waals surface area contributed by atoms with Crippen molar-refractivity contribution in [2.24, 2.45) is 4.40 Å². The van der Waals surface area contributed by atoms with E-state index in [0.717, 1.165) is 23.7 Å². The minimum absolute atomic E-state index is 0.0114. The van der Waals surface area contributed by atoms with Gasteiger partial charge in [0.1, 0.15) is 5.69 Å². The number of methoxy groups -OCH3 is 1. The van der Waals surface area contributed by atoms with E-state index in [1.165, 1.54) is 43.5 Å². The normalized spacial score (nSPS) is 12.4. The van der Waals surface area contributed by atoms with Crippen LogP contribution in [0.15, 0.2) is 57.8 Å². The van der Waals surface area contributed by atoms with Gasteiger partial charge < -0.3 is 9.84 Å². The van der Waals surface area contributed by atoms with Crippen LogP contribution in [-0.2, 0) is 10.0 Å². The molecule has 0 saturated heterocycles. The fraction of sp³-hybridized carbons (Fsp3) is 0.158. The van der Waals surface area contributed by atoms with Crippen LogP contribution in [0.4, 0.5) is 13.2 Å². The van der Waals surface area contributed by atoms with Crippen LogP contribution in [0.2, 0.25) is 0 Å². The molecule has 3 aromatic rings. The Morgan fingerprint density at radius 1 is 1.17 bits per heavy atom. The minimum atomic E-state index is -4.18. The lowest BCUT2D eigenvalue weighted by Crippen LogP contribution is -2.14. The van der Waals surface area contributed by atoms with Gasteiger partial charge in [0.25, 0.3) is 16.4 Å². The van der Waals surface area contributed by atoms with Crippen LogP contribution in [0.25, 0.3) is 16.9 Å². The molecule has 0 fully saturated rings. The Balaban J connectivity index is 2.10. The highest BCUT2D eigenvalue weighted by Crippen LogP contribution is 2.31. The summed E-state index contributed by atoms with van der Waals surface area (Å²) in [7, 11) is -2.88. The fourth-order valence-corrected chi connectivity index (χ4v) is 3.64. The average Bonchev–Trinajstić information content (AvgIpc) is 3.13. The molecule has 0 bridgehead atoms. The van der Waals surface area contributed by atoms with E-state index < -0.39 is 33.9 Å². The summed E-state index contributed by atoms with van der Waals surface area (Å²) in [5, 5.41) is 14.8. The standard InChI is InChI=1S/C19H16F3N3O4S/c1-11(26)24-30(27,28)14-6-4-13(5-7-14)25-17(10-16(23-25)19(21)22)12-3-8-18(29-2)15(20)9-12/h3-10,19H,1-2H3,(H,24,26)/p-1. The Morgan fingerprint density at radius 2 is 1.83 bits per heavy atom. The van der Waals surface area contributed by atoms with Gasteiger partial charge in [0.05, 0.1) is 23.4 Å². The number of ether oxygens (including phenoxy) is 1. The van der Waals surface area contributed by atoms with Gasteiger partial charge in [-0.05, 0) is 61.4 Å². The van der Waals surface area contributed by atoms with Crippen molar-refractivity contribution in [1.82, 2.24) is 9.78 Å².